The van der Waals surface area contributed by atoms with Crippen LogP contribution in [0, 0.1) is 11.8 Å². The quantitative estimate of drug-likeness (QED) is 0.817. The van der Waals surface area contributed by atoms with Crippen LogP contribution in [0.1, 0.15) is 25.7 Å². The maximum absolute atomic E-state index is 13.0. The lowest BCUT2D eigenvalue weighted by molar-refractivity contribution is -0.185. The first-order valence-electron chi connectivity index (χ1n) is 8.81. The molecule has 3 fully saturated rings. The number of amides is 1. The summed E-state index contributed by atoms with van der Waals surface area (Å²) in [5, 5.41) is 0. The molecule has 0 radical (unpaired) electrons. The van der Waals surface area contributed by atoms with Crippen molar-refractivity contribution in [1.82, 2.24) is 9.88 Å². The van der Waals surface area contributed by atoms with Crippen molar-refractivity contribution < 1.29 is 23.0 Å². The molecule has 5 nitrogen and oxygen atoms in total. The summed E-state index contributed by atoms with van der Waals surface area (Å²) in [7, 11) is 0. The topological polar surface area (TPSA) is 51.7 Å². The van der Waals surface area contributed by atoms with Crippen molar-refractivity contribution in [1.29, 1.82) is 0 Å². The number of rotatable bonds is 5. The van der Waals surface area contributed by atoms with Crippen LogP contribution >= 0.6 is 0 Å². The van der Waals surface area contributed by atoms with Gasteiger partial charge in [0.1, 0.15) is 11.4 Å². The van der Waals surface area contributed by atoms with Crippen LogP contribution in [-0.2, 0) is 9.53 Å². The van der Waals surface area contributed by atoms with E-state index >= 15 is 0 Å². The second kappa shape index (κ2) is 6.20. The summed E-state index contributed by atoms with van der Waals surface area (Å²) < 4.78 is 37.6. The smallest absolute Gasteiger partial charge is 0.249 e. The molecule has 1 aromatic heterocycles. The molecule has 3 aliphatic rings. The summed E-state index contributed by atoms with van der Waals surface area (Å²) in [6.45, 7) is 2.29. The summed E-state index contributed by atoms with van der Waals surface area (Å²) >= 11 is 0. The van der Waals surface area contributed by atoms with Crippen LogP contribution in [0.3, 0.4) is 0 Å². The van der Waals surface area contributed by atoms with E-state index in [1.54, 1.807) is 17.3 Å². The molecule has 1 amide bonds. The van der Waals surface area contributed by atoms with Crippen LogP contribution in [0.4, 0.5) is 8.78 Å². The van der Waals surface area contributed by atoms with Gasteiger partial charge >= 0.3 is 0 Å². The summed E-state index contributed by atoms with van der Waals surface area (Å²) in [5.74, 6) is -2.24. The Kier molecular flexibility index (Phi) is 4.14. The molecule has 1 aromatic rings. The van der Waals surface area contributed by atoms with E-state index in [-0.39, 0.29) is 24.3 Å². The minimum absolute atomic E-state index is 0.141. The first-order chi connectivity index (χ1) is 12.0. The summed E-state index contributed by atoms with van der Waals surface area (Å²) in [4.78, 5) is 17.9. The van der Waals surface area contributed by atoms with Gasteiger partial charge in [0.05, 0.1) is 25.9 Å². The molecule has 2 saturated heterocycles. The largest absolute Gasteiger partial charge is 0.492 e. The van der Waals surface area contributed by atoms with Crippen LogP contribution in [0.2, 0.25) is 0 Å². The number of likely N-dealkylation sites (tertiary alicyclic amines) is 1. The Morgan fingerprint density at radius 1 is 1.40 bits per heavy atom. The Labute approximate surface area is 145 Å². The Bertz CT molecular complexity index is 626. The van der Waals surface area contributed by atoms with Gasteiger partial charge in [-0.3, -0.25) is 9.78 Å². The molecule has 0 N–H and O–H groups in total. The molecule has 0 bridgehead atoms. The molecule has 1 unspecified atom stereocenters. The minimum Gasteiger partial charge on any atom is -0.492 e. The first-order valence-corrected chi connectivity index (χ1v) is 8.81. The van der Waals surface area contributed by atoms with E-state index in [2.05, 4.69) is 4.98 Å². The van der Waals surface area contributed by atoms with Crippen molar-refractivity contribution in [2.24, 2.45) is 11.8 Å². The van der Waals surface area contributed by atoms with Crippen molar-refractivity contribution >= 4 is 5.91 Å². The highest BCUT2D eigenvalue weighted by atomic mass is 19.3. The fourth-order valence-electron chi connectivity index (χ4n) is 4.14. The van der Waals surface area contributed by atoms with Crippen molar-refractivity contribution in [3.05, 3.63) is 24.5 Å². The molecule has 0 aromatic carbocycles. The lowest BCUT2D eigenvalue weighted by atomic mass is 9.75. The molecule has 3 heterocycles. The van der Waals surface area contributed by atoms with Gasteiger partial charge in [0.15, 0.2) is 0 Å². The molecule has 2 aliphatic heterocycles. The number of carbonyl (C=O) groups is 1. The zero-order valence-electron chi connectivity index (χ0n) is 14.0. The first kappa shape index (κ1) is 16.7. The molecule has 7 heteroatoms. The fourth-order valence-corrected chi connectivity index (χ4v) is 4.14. The Balaban J connectivity index is 1.26. The molecule has 1 saturated carbocycles. The Morgan fingerprint density at radius 3 is 2.88 bits per heavy atom. The monoisotopic (exact) mass is 352 g/mol. The lowest BCUT2D eigenvalue weighted by Gasteiger charge is -2.52. The number of hydrogen-bond acceptors (Lipinski definition) is 4. The van der Waals surface area contributed by atoms with Gasteiger partial charge < -0.3 is 14.4 Å². The number of alkyl halides is 2. The van der Waals surface area contributed by atoms with E-state index in [1.165, 1.54) is 0 Å². The van der Waals surface area contributed by atoms with Crippen molar-refractivity contribution in [2.75, 3.05) is 26.3 Å². The van der Waals surface area contributed by atoms with Gasteiger partial charge in [-0.15, -0.1) is 0 Å². The number of aromatic nitrogens is 1. The van der Waals surface area contributed by atoms with E-state index in [0.29, 0.717) is 32.2 Å². The third-order valence-corrected chi connectivity index (χ3v) is 5.64. The predicted octanol–water partition coefficient (Wildman–Crippen LogP) is 2.51. The van der Waals surface area contributed by atoms with Crippen molar-refractivity contribution in [3.63, 3.8) is 0 Å². The predicted molar refractivity (Wildman–Crippen MR) is 85.4 cm³/mol. The molecular weight excluding hydrogens is 330 g/mol. The maximum Gasteiger partial charge on any atom is 0.249 e. The van der Waals surface area contributed by atoms with Crippen molar-refractivity contribution in [2.45, 2.75) is 37.2 Å². The van der Waals surface area contributed by atoms with Gasteiger partial charge in [-0.2, -0.15) is 0 Å². The normalized spacial score (nSPS) is 27.0. The van der Waals surface area contributed by atoms with E-state index < -0.39 is 11.8 Å². The van der Waals surface area contributed by atoms with Gasteiger partial charge in [0, 0.05) is 31.6 Å². The molecule has 25 heavy (non-hydrogen) atoms. The van der Waals surface area contributed by atoms with Gasteiger partial charge in [0.2, 0.25) is 11.8 Å². The average Bonchev–Trinajstić information content (AvgIpc) is 2.95. The van der Waals surface area contributed by atoms with Crippen molar-refractivity contribution in [3.8, 4) is 5.75 Å². The van der Waals surface area contributed by atoms with Gasteiger partial charge in [-0.25, -0.2) is 8.78 Å². The van der Waals surface area contributed by atoms with Gasteiger partial charge in [-0.05, 0) is 30.9 Å². The summed E-state index contributed by atoms with van der Waals surface area (Å²) in [6.07, 6.45) is 4.55. The van der Waals surface area contributed by atoms with Crippen LogP contribution < -0.4 is 4.74 Å². The highest BCUT2D eigenvalue weighted by Crippen LogP contribution is 2.47. The number of pyridine rings is 1. The lowest BCUT2D eigenvalue weighted by Crippen LogP contribution is -2.67. The average molecular weight is 352 g/mol. The SMILES string of the molecule is O=C(C1CC(F)(F)C1)N1CC2(C1)OCCC2CCOc1cccnc1. The zero-order valence-corrected chi connectivity index (χ0v) is 14.0. The van der Waals surface area contributed by atoms with Crippen LogP contribution in [0.15, 0.2) is 24.5 Å². The number of hydrogen-bond donors (Lipinski definition) is 0. The third-order valence-electron chi connectivity index (χ3n) is 5.64. The Morgan fingerprint density at radius 2 is 2.20 bits per heavy atom. The highest BCUT2D eigenvalue weighted by Gasteiger charge is 2.57. The van der Waals surface area contributed by atoms with E-state index in [9.17, 15) is 13.6 Å². The van der Waals surface area contributed by atoms with Crippen LogP contribution in [-0.4, -0.2) is 53.6 Å². The van der Waals surface area contributed by atoms with Gasteiger partial charge in [0.25, 0.3) is 0 Å². The van der Waals surface area contributed by atoms with Gasteiger partial charge in [-0.1, -0.05) is 0 Å². The molecular formula is C18H22F2N2O3. The third kappa shape index (κ3) is 3.21. The number of halogens is 2. The summed E-state index contributed by atoms with van der Waals surface area (Å²) in [6, 6.07) is 3.70. The highest BCUT2D eigenvalue weighted by molar-refractivity contribution is 5.81. The summed E-state index contributed by atoms with van der Waals surface area (Å²) in [5.41, 5.74) is -0.305. The number of carbonyl (C=O) groups excluding carboxylic acids is 1. The molecule has 4 rings (SSSR count). The van der Waals surface area contributed by atoms with Crippen LogP contribution in [0.25, 0.3) is 0 Å². The number of nitrogens with zero attached hydrogens (tertiary/aromatic N) is 2. The minimum atomic E-state index is -2.65. The molecule has 1 spiro atoms. The number of ether oxygens (including phenoxy) is 2. The maximum atomic E-state index is 13.0. The molecule has 1 atom stereocenters. The molecule has 136 valence electrons. The standard InChI is InChI=1S/C18H22F2N2O3/c19-18(20)8-13(9-18)16(23)22-11-17(12-22)14(4-7-25-17)3-6-24-15-2-1-5-21-10-15/h1-2,5,10,13-14H,3-4,6-9,11-12H2. The Hall–Kier alpha value is -1.76. The van der Waals surface area contributed by atoms with E-state index in [0.717, 1.165) is 18.6 Å². The zero-order chi connectivity index (χ0) is 17.5. The second-order valence-electron chi connectivity index (χ2n) is 7.38. The van der Waals surface area contributed by atoms with E-state index in [1.807, 2.05) is 12.1 Å². The molecule has 1 aliphatic carbocycles. The van der Waals surface area contributed by atoms with Crippen LogP contribution in [0.5, 0.6) is 5.75 Å². The second-order valence-corrected chi connectivity index (χ2v) is 7.38. The fraction of sp³-hybridized carbons (Fsp3) is 0.667. The van der Waals surface area contributed by atoms with E-state index in [4.69, 9.17) is 9.47 Å².